The number of carbonyl (C=O) groups is 2. The number of ether oxygens (including phenoxy) is 3. The van der Waals surface area contributed by atoms with E-state index in [1.165, 1.54) is 0 Å². The van der Waals surface area contributed by atoms with E-state index in [1.54, 1.807) is 24.3 Å². The van der Waals surface area contributed by atoms with Gasteiger partial charge in [-0.15, -0.1) is 0 Å². The number of benzene rings is 2. The van der Waals surface area contributed by atoms with Gasteiger partial charge in [-0.05, 0) is 39.0 Å². The zero-order chi connectivity index (χ0) is 21.6. The summed E-state index contributed by atoms with van der Waals surface area (Å²) in [4.78, 5) is 24.3. The molecule has 2 aromatic rings. The number of nitrogens with one attached hydrogen (secondary N) is 2. The number of hydrogen-bond acceptors (Lipinski definition) is 5. The van der Waals surface area contributed by atoms with Crippen LogP contribution in [-0.2, 0) is 11.2 Å². The van der Waals surface area contributed by atoms with E-state index in [1.807, 2.05) is 39.0 Å². The third kappa shape index (κ3) is 5.43. The van der Waals surface area contributed by atoms with E-state index in [-0.39, 0.29) is 24.0 Å². The summed E-state index contributed by atoms with van der Waals surface area (Å²) in [5, 5.41) is 5.34. The molecule has 0 aliphatic carbocycles. The van der Waals surface area contributed by atoms with Crippen molar-refractivity contribution < 1.29 is 23.8 Å². The van der Waals surface area contributed by atoms with Gasteiger partial charge in [-0.3, -0.25) is 9.59 Å². The van der Waals surface area contributed by atoms with Crippen molar-refractivity contribution in [2.75, 3.05) is 26.3 Å². The maximum atomic E-state index is 12.3. The van der Waals surface area contributed by atoms with Crippen molar-refractivity contribution in [2.45, 2.75) is 32.8 Å². The van der Waals surface area contributed by atoms with Gasteiger partial charge in [0.2, 0.25) is 5.91 Å². The predicted molar refractivity (Wildman–Crippen MR) is 113 cm³/mol. The third-order valence-electron chi connectivity index (χ3n) is 4.58. The van der Waals surface area contributed by atoms with E-state index < -0.39 is 0 Å². The maximum absolute atomic E-state index is 12.3. The Morgan fingerprint density at radius 2 is 1.80 bits per heavy atom. The lowest BCUT2D eigenvalue weighted by molar-refractivity contribution is -0.120. The monoisotopic (exact) mass is 412 g/mol. The normalized spacial score (nSPS) is 13.7. The van der Waals surface area contributed by atoms with Crippen LogP contribution in [0.3, 0.4) is 0 Å². The molecule has 2 aromatic carbocycles. The molecule has 0 radical (unpaired) electrons. The Morgan fingerprint density at radius 3 is 2.60 bits per heavy atom. The molecule has 7 heteroatoms. The predicted octanol–water partition coefficient (Wildman–Crippen LogP) is 2.72. The molecule has 7 nitrogen and oxygen atoms in total. The Bertz CT molecular complexity index is 910. The molecule has 1 aliphatic heterocycles. The Labute approximate surface area is 176 Å². The molecule has 2 amide bonds. The Morgan fingerprint density at radius 1 is 1.03 bits per heavy atom. The third-order valence-corrected chi connectivity index (χ3v) is 4.58. The molecule has 3 rings (SSSR count). The smallest absolute Gasteiger partial charge is 0.255 e. The second-order valence-corrected chi connectivity index (χ2v) is 7.59. The van der Waals surface area contributed by atoms with Crippen LogP contribution in [0, 0.1) is 0 Å². The second-order valence-electron chi connectivity index (χ2n) is 7.59. The van der Waals surface area contributed by atoms with Crippen LogP contribution in [0.2, 0.25) is 0 Å². The number of amides is 2. The number of rotatable bonds is 9. The van der Waals surface area contributed by atoms with Crippen LogP contribution in [0.15, 0.2) is 42.5 Å². The summed E-state index contributed by atoms with van der Waals surface area (Å²) in [5.41, 5.74) is 1.28. The van der Waals surface area contributed by atoms with Crippen molar-refractivity contribution in [3.8, 4) is 17.2 Å². The molecule has 0 fully saturated rings. The molecule has 0 atom stereocenters. The zero-order valence-corrected chi connectivity index (χ0v) is 17.6. The van der Waals surface area contributed by atoms with Gasteiger partial charge in [0, 0.05) is 12.0 Å². The van der Waals surface area contributed by atoms with Crippen molar-refractivity contribution in [1.82, 2.24) is 10.6 Å². The molecule has 0 bridgehead atoms. The summed E-state index contributed by atoms with van der Waals surface area (Å²) < 4.78 is 17.2. The van der Waals surface area contributed by atoms with Crippen LogP contribution >= 0.6 is 0 Å². The molecule has 160 valence electrons. The zero-order valence-electron chi connectivity index (χ0n) is 17.6. The Kier molecular flexibility index (Phi) is 6.82. The van der Waals surface area contributed by atoms with Gasteiger partial charge >= 0.3 is 0 Å². The SMILES string of the molecule is CCOc1ccccc1C(=O)NCC(=O)NCCOc1cccc2c1OC(C)(C)C2. The quantitative estimate of drug-likeness (QED) is 0.619. The first-order valence-electron chi connectivity index (χ1n) is 10.1. The first-order chi connectivity index (χ1) is 14.4. The minimum atomic E-state index is -0.356. The van der Waals surface area contributed by atoms with E-state index in [0.29, 0.717) is 36.8 Å². The Balaban J connectivity index is 1.41. The highest BCUT2D eigenvalue weighted by Crippen LogP contribution is 2.41. The van der Waals surface area contributed by atoms with Crippen molar-refractivity contribution in [3.63, 3.8) is 0 Å². The highest BCUT2D eigenvalue weighted by molar-refractivity contribution is 5.98. The van der Waals surface area contributed by atoms with E-state index >= 15 is 0 Å². The van der Waals surface area contributed by atoms with E-state index in [4.69, 9.17) is 14.2 Å². The fraction of sp³-hybridized carbons (Fsp3) is 0.391. The summed E-state index contributed by atoms with van der Waals surface area (Å²) in [6, 6.07) is 12.8. The lowest BCUT2D eigenvalue weighted by atomic mass is 10.0. The first-order valence-corrected chi connectivity index (χ1v) is 10.1. The van der Waals surface area contributed by atoms with E-state index in [0.717, 1.165) is 17.7 Å². The molecular formula is C23H28N2O5. The standard InChI is InChI=1S/C23H28N2O5/c1-4-28-18-10-6-5-9-17(18)22(27)25-15-20(26)24-12-13-29-19-11-7-8-16-14-23(2,3)30-21(16)19/h5-11H,4,12-15H2,1-3H3,(H,24,26)(H,25,27). The summed E-state index contributed by atoms with van der Waals surface area (Å²) in [6.07, 6.45) is 0.836. The summed E-state index contributed by atoms with van der Waals surface area (Å²) in [5.74, 6) is 1.29. The van der Waals surface area contributed by atoms with Crippen molar-refractivity contribution in [2.24, 2.45) is 0 Å². The first kappa shape index (κ1) is 21.5. The van der Waals surface area contributed by atoms with Crippen molar-refractivity contribution >= 4 is 11.8 Å². The molecule has 0 saturated heterocycles. The molecule has 30 heavy (non-hydrogen) atoms. The average molecular weight is 412 g/mol. The molecule has 0 aromatic heterocycles. The van der Waals surface area contributed by atoms with Crippen molar-refractivity contribution in [3.05, 3.63) is 53.6 Å². The van der Waals surface area contributed by atoms with Gasteiger partial charge in [-0.1, -0.05) is 24.3 Å². The van der Waals surface area contributed by atoms with Gasteiger partial charge in [-0.2, -0.15) is 0 Å². The van der Waals surface area contributed by atoms with Crippen molar-refractivity contribution in [1.29, 1.82) is 0 Å². The number of hydrogen-bond donors (Lipinski definition) is 2. The lowest BCUT2D eigenvalue weighted by Gasteiger charge is -2.18. The highest BCUT2D eigenvalue weighted by Gasteiger charge is 2.32. The van der Waals surface area contributed by atoms with E-state index in [2.05, 4.69) is 10.6 Å². The van der Waals surface area contributed by atoms with Crippen LogP contribution in [0.1, 0.15) is 36.7 Å². The minimum Gasteiger partial charge on any atom is -0.493 e. The van der Waals surface area contributed by atoms with Gasteiger partial charge in [-0.25, -0.2) is 0 Å². The van der Waals surface area contributed by atoms with Gasteiger partial charge in [0.05, 0.1) is 25.3 Å². The van der Waals surface area contributed by atoms with Crippen LogP contribution in [-0.4, -0.2) is 43.7 Å². The van der Waals surface area contributed by atoms with Crippen LogP contribution in [0.25, 0.3) is 0 Å². The van der Waals surface area contributed by atoms with Crippen LogP contribution < -0.4 is 24.8 Å². The van der Waals surface area contributed by atoms with Crippen LogP contribution in [0.5, 0.6) is 17.2 Å². The molecule has 1 heterocycles. The molecule has 2 N–H and O–H groups in total. The van der Waals surface area contributed by atoms with Crippen LogP contribution in [0.4, 0.5) is 0 Å². The largest absolute Gasteiger partial charge is 0.493 e. The molecular weight excluding hydrogens is 384 g/mol. The number of carbonyl (C=O) groups excluding carboxylic acids is 2. The molecule has 0 spiro atoms. The fourth-order valence-corrected chi connectivity index (χ4v) is 3.31. The summed E-state index contributed by atoms with van der Waals surface area (Å²) in [7, 11) is 0. The maximum Gasteiger partial charge on any atom is 0.255 e. The Hall–Kier alpha value is -3.22. The second kappa shape index (κ2) is 9.52. The van der Waals surface area contributed by atoms with Gasteiger partial charge in [0.1, 0.15) is 18.0 Å². The lowest BCUT2D eigenvalue weighted by Crippen LogP contribution is -2.38. The highest BCUT2D eigenvalue weighted by atomic mass is 16.5. The molecule has 1 aliphatic rings. The van der Waals surface area contributed by atoms with Gasteiger partial charge in [0.25, 0.3) is 5.91 Å². The van der Waals surface area contributed by atoms with Gasteiger partial charge < -0.3 is 24.8 Å². The number of para-hydroxylation sites is 2. The fourth-order valence-electron chi connectivity index (χ4n) is 3.31. The van der Waals surface area contributed by atoms with E-state index in [9.17, 15) is 9.59 Å². The van der Waals surface area contributed by atoms with Gasteiger partial charge in [0.15, 0.2) is 11.5 Å². The number of fused-ring (bicyclic) bond motifs is 1. The minimum absolute atomic E-state index is 0.128. The average Bonchev–Trinajstić information content (AvgIpc) is 3.04. The molecule has 0 saturated carbocycles. The molecule has 0 unspecified atom stereocenters. The summed E-state index contributed by atoms with van der Waals surface area (Å²) >= 11 is 0. The topological polar surface area (TPSA) is 85.9 Å². The summed E-state index contributed by atoms with van der Waals surface area (Å²) in [6.45, 7) is 6.87.